The molecule has 1 N–H and O–H groups in total. The van der Waals surface area contributed by atoms with Gasteiger partial charge in [0.15, 0.2) is 0 Å². The standard InChI is InChI=1S/C20H30N2/c1-6-21-19-13-11-12-18(16-19)17-22(7-2)15-10-8-9-14-20(3,4)5/h8,10-13,16,21H,6-7,15,17H2,1-5H3. The van der Waals surface area contributed by atoms with Crippen molar-refractivity contribution in [3.05, 3.63) is 42.0 Å². The minimum absolute atomic E-state index is 0.0709. The lowest BCUT2D eigenvalue weighted by atomic mass is 9.98. The maximum Gasteiger partial charge on any atom is 0.0343 e. The largest absolute Gasteiger partial charge is 0.385 e. The van der Waals surface area contributed by atoms with E-state index >= 15 is 0 Å². The number of anilines is 1. The lowest BCUT2D eigenvalue weighted by molar-refractivity contribution is 0.311. The Morgan fingerprint density at radius 1 is 1.23 bits per heavy atom. The molecule has 22 heavy (non-hydrogen) atoms. The van der Waals surface area contributed by atoms with Crippen LogP contribution in [0, 0.1) is 17.3 Å². The summed E-state index contributed by atoms with van der Waals surface area (Å²) in [7, 11) is 0. The van der Waals surface area contributed by atoms with E-state index in [9.17, 15) is 0 Å². The Balaban J connectivity index is 2.56. The molecule has 1 rings (SSSR count). The Labute approximate surface area is 136 Å². The Bertz CT molecular complexity index is 527. The number of nitrogens with one attached hydrogen (secondary N) is 1. The fourth-order valence-corrected chi connectivity index (χ4v) is 2.07. The minimum atomic E-state index is 0.0709. The second-order valence-electron chi connectivity index (χ2n) is 6.48. The van der Waals surface area contributed by atoms with E-state index < -0.39 is 0 Å². The van der Waals surface area contributed by atoms with E-state index in [1.807, 2.05) is 6.08 Å². The van der Waals surface area contributed by atoms with E-state index in [1.54, 1.807) is 0 Å². The molecule has 0 aromatic heterocycles. The molecule has 2 nitrogen and oxygen atoms in total. The fraction of sp³-hybridized carbons (Fsp3) is 0.500. The van der Waals surface area contributed by atoms with Gasteiger partial charge in [-0.25, -0.2) is 0 Å². The van der Waals surface area contributed by atoms with E-state index in [1.165, 1.54) is 11.3 Å². The summed E-state index contributed by atoms with van der Waals surface area (Å²) in [6, 6.07) is 8.65. The molecular formula is C20H30N2. The normalized spacial score (nSPS) is 11.5. The molecule has 0 amide bonds. The van der Waals surface area contributed by atoms with Crippen LogP contribution in [-0.2, 0) is 6.54 Å². The monoisotopic (exact) mass is 298 g/mol. The van der Waals surface area contributed by atoms with Crippen LogP contribution >= 0.6 is 0 Å². The zero-order valence-electron chi connectivity index (χ0n) is 14.7. The summed E-state index contributed by atoms with van der Waals surface area (Å²) in [4.78, 5) is 2.40. The summed E-state index contributed by atoms with van der Waals surface area (Å²) in [6.07, 6.45) is 4.12. The van der Waals surface area contributed by atoms with E-state index in [0.29, 0.717) is 0 Å². The number of allylic oxidation sites excluding steroid dienone is 1. The first kappa shape index (κ1) is 18.3. The first-order chi connectivity index (χ1) is 10.4. The molecule has 0 spiro atoms. The van der Waals surface area contributed by atoms with Gasteiger partial charge in [0, 0.05) is 30.7 Å². The number of rotatable bonds is 7. The van der Waals surface area contributed by atoms with Crippen LogP contribution in [0.4, 0.5) is 5.69 Å². The third-order valence-electron chi connectivity index (χ3n) is 3.17. The minimum Gasteiger partial charge on any atom is -0.385 e. The highest BCUT2D eigenvalue weighted by atomic mass is 15.1. The number of benzene rings is 1. The molecule has 0 aliphatic heterocycles. The molecule has 0 fully saturated rings. The Kier molecular flexibility index (Phi) is 7.77. The maximum absolute atomic E-state index is 3.36. The first-order valence-corrected chi connectivity index (χ1v) is 8.17. The van der Waals surface area contributed by atoms with Crippen molar-refractivity contribution in [1.82, 2.24) is 4.90 Å². The van der Waals surface area contributed by atoms with Crippen LogP contribution in [-0.4, -0.2) is 24.5 Å². The van der Waals surface area contributed by atoms with Gasteiger partial charge in [0.05, 0.1) is 0 Å². The third-order valence-corrected chi connectivity index (χ3v) is 3.17. The van der Waals surface area contributed by atoms with Crippen LogP contribution in [0.1, 0.15) is 40.2 Å². The quantitative estimate of drug-likeness (QED) is 0.743. The number of likely N-dealkylation sites (N-methyl/N-ethyl adjacent to an activating group) is 1. The van der Waals surface area contributed by atoms with Gasteiger partial charge in [0.25, 0.3) is 0 Å². The van der Waals surface area contributed by atoms with Crippen molar-refractivity contribution in [3.8, 4) is 11.8 Å². The predicted molar refractivity (Wildman–Crippen MR) is 97.9 cm³/mol. The maximum atomic E-state index is 3.36. The van der Waals surface area contributed by atoms with Crippen LogP contribution in [0.2, 0.25) is 0 Å². The molecule has 0 unspecified atom stereocenters. The highest BCUT2D eigenvalue weighted by Crippen LogP contribution is 2.12. The van der Waals surface area contributed by atoms with E-state index in [2.05, 4.69) is 87.0 Å². The first-order valence-electron chi connectivity index (χ1n) is 8.17. The predicted octanol–water partition coefficient (Wildman–Crippen LogP) is 4.55. The molecule has 1 aromatic carbocycles. The molecule has 0 aliphatic rings. The van der Waals surface area contributed by atoms with Gasteiger partial charge in [-0.3, -0.25) is 4.90 Å². The Morgan fingerprint density at radius 3 is 2.64 bits per heavy atom. The molecule has 0 aliphatic carbocycles. The van der Waals surface area contributed by atoms with E-state index in [-0.39, 0.29) is 5.41 Å². The molecular weight excluding hydrogens is 268 g/mol. The van der Waals surface area contributed by atoms with Crippen molar-refractivity contribution in [1.29, 1.82) is 0 Å². The van der Waals surface area contributed by atoms with Crippen molar-refractivity contribution in [3.63, 3.8) is 0 Å². The van der Waals surface area contributed by atoms with Crippen LogP contribution in [0.15, 0.2) is 36.4 Å². The summed E-state index contributed by atoms with van der Waals surface area (Å²) in [6.45, 7) is 14.6. The van der Waals surface area contributed by atoms with Gasteiger partial charge in [0.1, 0.15) is 0 Å². The molecule has 120 valence electrons. The number of hydrogen-bond donors (Lipinski definition) is 1. The van der Waals surface area contributed by atoms with Gasteiger partial charge in [-0.15, -0.1) is 0 Å². The van der Waals surface area contributed by atoms with Crippen molar-refractivity contribution < 1.29 is 0 Å². The zero-order valence-corrected chi connectivity index (χ0v) is 14.7. The summed E-state index contributed by atoms with van der Waals surface area (Å²) in [5, 5.41) is 3.36. The summed E-state index contributed by atoms with van der Waals surface area (Å²) in [5.41, 5.74) is 2.61. The van der Waals surface area contributed by atoms with Crippen molar-refractivity contribution >= 4 is 5.69 Å². The topological polar surface area (TPSA) is 15.3 Å². The van der Waals surface area contributed by atoms with Crippen molar-refractivity contribution in [2.45, 2.75) is 41.2 Å². The average Bonchev–Trinajstić information content (AvgIpc) is 2.45. The SMILES string of the molecule is CCNc1cccc(CN(CC)CC=CC#CC(C)(C)C)c1. The van der Waals surface area contributed by atoms with Crippen molar-refractivity contribution in [2.75, 3.05) is 25.0 Å². The summed E-state index contributed by atoms with van der Waals surface area (Å²) < 4.78 is 0. The molecule has 0 heterocycles. The van der Waals surface area contributed by atoms with Crippen LogP contribution in [0.25, 0.3) is 0 Å². The fourth-order valence-electron chi connectivity index (χ4n) is 2.07. The summed E-state index contributed by atoms with van der Waals surface area (Å²) >= 11 is 0. The van der Waals surface area contributed by atoms with Gasteiger partial charge >= 0.3 is 0 Å². The molecule has 1 aromatic rings. The highest BCUT2D eigenvalue weighted by Gasteiger charge is 2.03. The number of hydrogen-bond acceptors (Lipinski definition) is 2. The summed E-state index contributed by atoms with van der Waals surface area (Å²) in [5.74, 6) is 6.35. The Hall–Kier alpha value is -1.72. The van der Waals surface area contributed by atoms with Crippen LogP contribution in [0.5, 0.6) is 0 Å². The lowest BCUT2D eigenvalue weighted by Crippen LogP contribution is -2.22. The second-order valence-corrected chi connectivity index (χ2v) is 6.48. The van der Waals surface area contributed by atoms with Crippen molar-refractivity contribution in [2.24, 2.45) is 5.41 Å². The molecule has 0 saturated heterocycles. The smallest absolute Gasteiger partial charge is 0.0343 e. The van der Waals surface area contributed by atoms with Gasteiger partial charge in [-0.05, 0) is 58.0 Å². The van der Waals surface area contributed by atoms with Crippen LogP contribution < -0.4 is 5.32 Å². The second kappa shape index (κ2) is 9.33. The van der Waals surface area contributed by atoms with Gasteiger partial charge in [-0.2, -0.15) is 0 Å². The average molecular weight is 298 g/mol. The Morgan fingerprint density at radius 2 is 2.00 bits per heavy atom. The van der Waals surface area contributed by atoms with E-state index in [4.69, 9.17) is 0 Å². The molecule has 0 saturated carbocycles. The lowest BCUT2D eigenvalue weighted by Gasteiger charge is -2.19. The van der Waals surface area contributed by atoms with Crippen LogP contribution in [0.3, 0.4) is 0 Å². The highest BCUT2D eigenvalue weighted by molar-refractivity contribution is 5.45. The molecule has 2 heteroatoms. The molecule has 0 bridgehead atoms. The molecule has 0 atom stereocenters. The third kappa shape index (κ3) is 7.90. The van der Waals surface area contributed by atoms with Gasteiger partial charge < -0.3 is 5.32 Å². The van der Waals surface area contributed by atoms with Gasteiger partial charge in [0.2, 0.25) is 0 Å². The number of nitrogens with zero attached hydrogens (tertiary/aromatic N) is 1. The zero-order chi connectivity index (χ0) is 16.4. The van der Waals surface area contributed by atoms with E-state index in [0.717, 1.165) is 26.2 Å². The molecule has 0 radical (unpaired) electrons. The van der Waals surface area contributed by atoms with Gasteiger partial charge in [-0.1, -0.05) is 37.0 Å².